The van der Waals surface area contributed by atoms with Gasteiger partial charge in [-0.25, -0.2) is 8.42 Å². The Bertz CT molecular complexity index is 689. The van der Waals surface area contributed by atoms with Crippen LogP contribution >= 0.6 is 0 Å². The Morgan fingerprint density at radius 1 is 1.14 bits per heavy atom. The molecule has 0 aliphatic carbocycles. The van der Waals surface area contributed by atoms with Crippen LogP contribution in [0.15, 0.2) is 30.5 Å². The molecule has 116 valence electrons. The summed E-state index contributed by atoms with van der Waals surface area (Å²) >= 11 is 0. The molecule has 0 aliphatic rings. The maximum absolute atomic E-state index is 11.2. The van der Waals surface area contributed by atoms with Crippen molar-refractivity contribution in [2.75, 3.05) is 18.6 Å². The summed E-state index contributed by atoms with van der Waals surface area (Å²) in [6.45, 7) is 1.47. The van der Waals surface area contributed by atoms with Crippen LogP contribution in [-0.2, 0) is 22.8 Å². The highest BCUT2D eigenvalue weighted by molar-refractivity contribution is 7.90. The third kappa shape index (κ3) is 4.58. The second-order valence-electron chi connectivity index (χ2n) is 5.59. The van der Waals surface area contributed by atoms with Crippen molar-refractivity contribution in [1.29, 1.82) is 0 Å². The molecule has 0 radical (unpaired) electrons. The number of hydrogen-bond acceptors (Lipinski definition) is 3. The van der Waals surface area contributed by atoms with E-state index in [0.717, 1.165) is 32.4 Å². The SMILES string of the molecule is CS(=O)(=O)CCCn1cc(CCCCN)c2ccccc21. The van der Waals surface area contributed by atoms with E-state index in [0.29, 0.717) is 6.42 Å². The fourth-order valence-electron chi connectivity index (χ4n) is 2.66. The Morgan fingerprint density at radius 2 is 1.90 bits per heavy atom. The molecule has 0 fully saturated rings. The summed E-state index contributed by atoms with van der Waals surface area (Å²) in [5.41, 5.74) is 8.08. The lowest BCUT2D eigenvalue weighted by atomic mass is 10.1. The van der Waals surface area contributed by atoms with Crippen molar-refractivity contribution in [3.05, 3.63) is 36.0 Å². The average molecular weight is 308 g/mol. The van der Waals surface area contributed by atoms with E-state index in [4.69, 9.17) is 5.73 Å². The second kappa shape index (κ2) is 7.09. The molecule has 0 amide bonds. The standard InChI is InChI=1S/C16H24N2O2S/c1-21(19,20)12-6-11-18-13-14(7-4-5-10-17)15-8-2-3-9-16(15)18/h2-3,8-9,13H,4-7,10-12,17H2,1H3. The van der Waals surface area contributed by atoms with E-state index in [1.165, 1.54) is 22.7 Å². The summed E-state index contributed by atoms with van der Waals surface area (Å²) in [5.74, 6) is 0.238. The quantitative estimate of drug-likeness (QED) is 0.761. The van der Waals surface area contributed by atoms with Gasteiger partial charge in [-0.15, -0.1) is 0 Å². The summed E-state index contributed by atoms with van der Waals surface area (Å²) in [7, 11) is -2.89. The number of nitrogens with two attached hydrogens (primary N) is 1. The molecular weight excluding hydrogens is 284 g/mol. The van der Waals surface area contributed by atoms with Crippen LogP contribution in [-0.4, -0.2) is 31.5 Å². The number of nitrogens with zero attached hydrogens (tertiary/aromatic N) is 1. The van der Waals surface area contributed by atoms with E-state index in [9.17, 15) is 8.42 Å². The Morgan fingerprint density at radius 3 is 2.62 bits per heavy atom. The fourth-order valence-corrected chi connectivity index (χ4v) is 3.32. The summed E-state index contributed by atoms with van der Waals surface area (Å²) in [6.07, 6.45) is 7.26. The predicted octanol–water partition coefficient (Wildman–Crippen LogP) is 2.36. The van der Waals surface area contributed by atoms with Gasteiger partial charge in [0, 0.05) is 29.9 Å². The van der Waals surface area contributed by atoms with Crippen LogP contribution < -0.4 is 5.73 Å². The molecule has 1 heterocycles. The molecule has 0 unspecified atom stereocenters. The molecule has 21 heavy (non-hydrogen) atoms. The minimum atomic E-state index is -2.89. The molecule has 5 heteroatoms. The molecule has 2 rings (SSSR count). The van der Waals surface area contributed by atoms with Gasteiger partial charge >= 0.3 is 0 Å². The summed E-state index contributed by atoms with van der Waals surface area (Å²) in [6, 6.07) is 8.32. The van der Waals surface area contributed by atoms with Gasteiger partial charge in [-0.1, -0.05) is 18.2 Å². The number of benzene rings is 1. The minimum Gasteiger partial charge on any atom is -0.347 e. The molecule has 2 N–H and O–H groups in total. The van der Waals surface area contributed by atoms with E-state index in [-0.39, 0.29) is 5.75 Å². The maximum Gasteiger partial charge on any atom is 0.147 e. The van der Waals surface area contributed by atoms with Gasteiger partial charge in [0.05, 0.1) is 5.75 Å². The minimum absolute atomic E-state index is 0.238. The highest BCUT2D eigenvalue weighted by atomic mass is 32.2. The molecule has 0 aliphatic heterocycles. The third-order valence-electron chi connectivity index (χ3n) is 3.69. The van der Waals surface area contributed by atoms with Crippen molar-refractivity contribution in [1.82, 2.24) is 4.57 Å². The van der Waals surface area contributed by atoms with Gasteiger partial charge in [0.15, 0.2) is 0 Å². The number of hydrogen-bond donors (Lipinski definition) is 1. The second-order valence-corrected chi connectivity index (χ2v) is 7.85. The van der Waals surface area contributed by atoms with Crippen molar-refractivity contribution >= 4 is 20.7 Å². The number of unbranched alkanes of at least 4 members (excludes halogenated alkanes) is 1. The first-order valence-electron chi connectivity index (χ1n) is 7.46. The first-order valence-corrected chi connectivity index (χ1v) is 9.52. The van der Waals surface area contributed by atoms with Crippen molar-refractivity contribution < 1.29 is 8.42 Å². The Labute approximate surface area is 126 Å². The van der Waals surface area contributed by atoms with Crippen LogP contribution in [0.25, 0.3) is 10.9 Å². The highest BCUT2D eigenvalue weighted by Crippen LogP contribution is 2.23. The van der Waals surface area contributed by atoms with E-state index >= 15 is 0 Å². The number of para-hydroxylation sites is 1. The number of sulfone groups is 1. The van der Waals surface area contributed by atoms with Crippen molar-refractivity contribution in [3.8, 4) is 0 Å². The highest BCUT2D eigenvalue weighted by Gasteiger charge is 2.09. The van der Waals surface area contributed by atoms with E-state index in [1.54, 1.807) is 0 Å². The van der Waals surface area contributed by atoms with Crippen LogP contribution in [0.2, 0.25) is 0 Å². The van der Waals surface area contributed by atoms with E-state index in [2.05, 4.69) is 29.0 Å². The lowest BCUT2D eigenvalue weighted by Gasteiger charge is -2.04. The van der Waals surface area contributed by atoms with Gasteiger partial charge in [-0.2, -0.15) is 0 Å². The number of rotatable bonds is 8. The molecule has 0 bridgehead atoms. The number of aromatic nitrogens is 1. The maximum atomic E-state index is 11.2. The zero-order valence-corrected chi connectivity index (χ0v) is 13.4. The van der Waals surface area contributed by atoms with Gasteiger partial charge in [0.25, 0.3) is 0 Å². The molecule has 1 aromatic heterocycles. The Balaban J connectivity index is 2.15. The molecule has 4 nitrogen and oxygen atoms in total. The van der Waals surface area contributed by atoms with Gasteiger partial charge in [0.1, 0.15) is 9.84 Å². The van der Waals surface area contributed by atoms with Crippen LogP contribution in [0.3, 0.4) is 0 Å². The molecule has 0 saturated carbocycles. The summed E-state index contributed by atoms with van der Waals surface area (Å²) < 4.78 is 24.7. The topological polar surface area (TPSA) is 65.1 Å². The summed E-state index contributed by atoms with van der Waals surface area (Å²) in [5, 5.41) is 1.27. The third-order valence-corrected chi connectivity index (χ3v) is 4.72. The van der Waals surface area contributed by atoms with E-state index < -0.39 is 9.84 Å². The van der Waals surface area contributed by atoms with Gasteiger partial charge in [-0.05, 0) is 43.9 Å². The Hall–Kier alpha value is -1.33. The lowest BCUT2D eigenvalue weighted by Crippen LogP contribution is -2.06. The monoisotopic (exact) mass is 308 g/mol. The van der Waals surface area contributed by atoms with Crippen molar-refractivity contribution in [2.24, 2.45) is 5.73 Å². The predicted molar refractivity (Wildman–Crippen MR) is 88.3 cm³/mol. The van der Waals surface area contributed by atoms with E-state index in [1.807, 2.05) is 6.07 Å². The zero-order chi connectivity index (χ0) is 15.3. The van der Waals surface area contributed by atoms with Crippen LogP contribution in [0, 0.1) is 0 Å². The normalized spacial score (nSPS) is 12.1. The lowest BCUT2D eigenvalue weighted by molar-refractivity contribution is 0.593. The number of aryl methyl sites for hydroxylation is 2. The molecule has 0 spiro atoms. The first kappa shape index (κ1) is 16.0. The smallest absolute Gasteiger partial charge is 0.147 e. The van der Waals surface area contributed by atoms with Crippen LogP contribution in [0.4, 0.5) is 0 Å². The molecule has 0 atom stereocenters. The molecular formula is C16H24N2O2S. The fraction of sp³-hybridized carbons (Fsp3) is 0.500. The number of fused-ring (bicyclic) bond motifs is 1. The van der Waals surface area contributed by atoms with Gasteiger partial charge in [-0.3, -0.25) is 0 Å². The largest absolute Gasteiger partial charge is 0.347 e. The van der Waals surface area contributed by atoms with Crippen LogP contribution in [0.1, 0.15) is 24.8 Å². The van der Waals surface area contributed by atoms with Crippen molar-refractivity contribution in [3.63, 3.8) is 0 Å². The van der Waals surface area contributed by atoms with Crippen molar-refractivity contribution in [2.45, 2.75) is 32.2 Å². The molecule has 2 aromatic rings. The molecule has 1 aromatic carbocycles. The van der Waals surface area contributed by atoms with Gasteiger partial charge in [0.2, 0.25) is 0 Å². The van der Waals surface area contributed by atoms with Gasteiger partial charge < -0.3 is 10.3 Å². The Kier molecular flexibility index (Phi) is 5.42. The van der Waals surface area contributed by atoms with Crippen LogP contribution in [0.5, 0.6) is 0 Å². The summed E-state index contributed by atoms with van der Waals surface area (Å²) in [4.78, 5) is 0. The first-order chi connectivity index (χ1) is 10.0. The molecule has 0 saturated heterocycles. The average Bonchev–Trinajstić information content (AvgIpc) is 2.77. The zero-order valence-electron chi connectivity index (χ0n) is 12.6.